The first-order valence-electron chi connectivity index (χ1n) is 9.25. The highest BCUT2D eigenvalue weighted by molar-refractivity contribution is 7.17. The van der Waals surface area contributed by atoms with E-state index in [1.165, 1.54) is 10.1 Å². The second-order valence-corrected chi connectivity index (χ2v) is 8.00. The maximum absolute atomic E-state index is 10.9. The molecule has 1 aromatic carbocycles. The first-order valence-corrected chi connectivity index (χ1v) is 10.1. The van der Waals surface area contributed by atoms with Crippen molar-refractivity contribution in [3.63, 3.8) is 0 Å². The van der Waals surface area contributed by atoms with Crippen LogP contribution in [-0.4, -0.2) is 47.7 Å². The zero-order valence-electron chi connectivity index (χ0n) is 15.1. The van der Waals surface area contributed by atoms with Crippen molar-refractivity contribution < 1.29 is 5.11 Å². The molecule has 0 saturated carbocycles. The maximum atomic E-state index is 10.9. The highest BCUT2D eigenvalue weighted by Crippen LogP contribution is 2.33. The number of aliphatic hydroxyl groups excluding tert-OH is 1. The molecule has 2 unspecified atom stereocenters. The van der Waals surface area contributed by atoms with E-state index in [1.807, 2.05) is 24.4 Å². The number of fused-ring (bicyclic) bond motifs is 1. The van der Waals surface area contributed by atoms with Crippen LogP contribution in [0.1, 0.15) is 18.6 Å². The minimum absolute atomic E-state index is 0.203. The molecule has 1 aliphatic rings. The van der Waals surface area contributed by atoms with E-state index in [9.17, 15) is 5.11 Å². The Morgan fingerprint density at radius 1 is 1.08 bits per heavy atom. The van der Waals surface area contributed by atoms with Crippen LogP contribution in [0.4, 0.5) is 5.82 Å². The molecule has 4 rings (SSSR count). The van der Waals surface area contributed by atoms with Crippen molar-refractivity contribution in [3.05, 3.63) is 59.6 Å². The van der Waals surface area contributed by atoms with Crippen LogP contribution in [-0.2, 0) is 0 Å². The van der Waals surface area contributed by atoms with Gasteiger partial charge in [0.15, 0.2) is 0 Å². The number of hydrogen-bond acceptors (Lipinski definition) is 5. The lowest BCUT2D eigenvalue weighted by Crippen LogP contribution is -2.48. The van der Waals surface area contributed by atoms with Crippen LogP contribution in [0.2, 0.25) is 0 Å². The van der Waals surface area contributed by atoms with Crippen LogP contribution in [0.5, 0.6) is 0 Å². The number of anilines is 1. The van der Waals surface area contributed by atoms with Gasteiger partial charge >= 0.3 is 0 Å². The Balaban J connectivity index is 1.36. The van der Waals surface area contributed by atoms with Crippen molar-refractivity contribution in [1.82, 2.24) is 9.88 Å². The van der Waals surface area contributed by atoms with Gasteiger partial charge in [0, 0.05) is 43.6 Å². The van der Waals surface area contributed by atoms with E-state index in [4.69, 9.17) is 0 Å². The molecule has 2 atom stereocenters. The highest BCUT2D eigenvalue weighted by atomic mass is 32.1. The van der Waals surface area contributed by atoms with Gasteiger partial charge in [0.1, 0.15) is 5.82 Å². The van der Waals surface area contributed by atoms with Crippen LogP contribution >= 0.6 is 11.3 Å². The average Bonchev–Trinajstić information content (AvgIpc) is 3.13. The molecule has 5 heteroatoms. The van der Waals surface area contributed by atoms with Crippen LogP contribution in [0, 0.1) is 5.92 Å². The van der Waals surface area contributed by atoms with E-state index in [1.54, 1.807) is 11.3 Å². The topological polar surface area (TPSA) is 39.6 Å². The molecule has 0 radical (unpaired) electrons. The Labute approximate surface area is 158 Å². The summed E-state index contributed by atoms with van der Waals surface area (Å²) in [7, 11) is 0. The molecule has 3 heterocycles. The van der Waals surface area contributed by atoms with Gasteiger partial charge in [0.25, 0.3) is 0 Å². The number of aromatic nitrogens is 1. The normalized spacial score (nSPS) is 18.2. The average molecular weight is 368 g/mol. The minimum atomic E-state index is -0.417. The van der Waals surface area contributed by atoms with E-state index in [-0.39, 0.29) is 5.92 Å². The van der Waals surface area contributed by atoms with E-state index in [0.29, 0.717) is 0 Å². The highest BCUT2D eigenvalue weighted by Gasteiger charge is 2.24. The lowest BCUT2D eigenvalue weighted by Gasteiger charge is -2.37. The smallest absolute Gasteiger partial charge is 0.128 e. The minimum Gasteiger partial charge on any atom is -0.388 e. The van der Waals surface area contributed by atoms with Gasteiger partial charge in [-0.1, -0.05) is 31.2 Å². The molecular weight excluding hydrogens is 342 g/mol. The summed E-state index contributed by atoms with van der Waals surface area (Å²) >= 11 is 1.72. The Kier molecular flexibility index (Phi) is 5.20. The molecule has 2 aromatic heterocycles. The van der Waals surface area contributed by atoms with Gasteiger partial charge in [-0.2, -0.15) is 0 Å². The molecule has 1 fully saturated rings. The number of hydrogen-bond donors (Lipinski definition) is 1. The summed E-state index contributed by atoms with van der Waals surface area (Å²) in [6.45, 7) is 7.07. The Morgan fingerprint density at radius 2 is 1.85 bits per heavy atom. The van der Waals surface area contributed by atoms with Gasteiger partial charge in [-0.3, -0.25) is 4.90 Å². The molecule has 1 aliphatic heterocycles. The van der Waals surface area contributed by atoms with Crippen molar-refractivity contribution in [3.8, 4) is 0 Å². The third-order valence-corrected chi connectivity index (χ3v) is 6.24. The predicted molar refractivity (Wildman–Crippen MR) is 109 cm³/mol. The molecule has 1 N–H and O–H groups in total. The van der Waals surface area contributed by atoms with Gasteiger partial charge in [0.05, 0.1) is 6.10 Å². The summed E-state index contributed by atoms with van der Waals surface area (Å²) in [4.78, 5) is 9.25. The van der Waals surface area contributed by atoms with Gasteiger partial charge in [-0.15, -0.1) is 11.3 Å². The molecule has 136 valence electrons. The SMILES string of the molecule is CC(CN1CCN(c2ccccn2)CC1)C(O)c1csc2ccccc12. The van der Waals surface area contributed by atoms with Crippen molar-refractivity contribution in [1.29, 1.82) is 0 Å². The monoisotopic (exact) mass is 367 g/mol. The summed E-state index contributed by atoms with van der Waals surface area (Å²) in [6, 6.07) is 14.4. The van der Waals surface area contributed by atoms with E-state index in [2.05, 4.69) is 51.4 Å². The second-order valence-electron chi connectivity index (χ2n) is 7.08. The summed E-state index contributed by atoms with van der Waals surface area (Å²) in [6.07, 6.45) is 1.44. The quantitative estimate of drug-likeness (QED) is 0.745. The number of pyridine rings is 1. The number of piperazine rings is 1. The van der Waals surface area contributed by atoms with E-state index < -0.39 is 6.10 Å². The molecule has 0 spiro atoms. The maximum Gasteiger partial charge on any atom is 0.128 e. The molecule has 0 aliphatic carbocycles. The van der Waals surface area contributed by atoms with Crippen LogP contribution < -0.4 is 4.90 Å². The number of aliphatic hydroxyl groups is 1. The molecule has 0 bridgehead atoms. The standard InChI is InChI=1S/C21H25N3OS/c1-16(21(25)18-15-26-19-7-3-2-6-17(18)19)14-23-10-12-24(13-11-23)20-8-4-5-9-22-20/h2-9,15-16,21,25H,10-14H2,1H3. The number of thiophene rings is 1. The van der Waals surface area contributed by atoms with Gasteiger partial charge in [-0.25, -0.2) is 4.98 Å². The van der Waals surface area contributed by atoms with E-state index >= 15 is 0 Å². The summed E-state index contributed by atoms with van der Waals surface area (Å²) in [5.74, 6) is 1.26. The van der Waals surface area contributed by atoms with Crippen LogP contribution in [0.15, 0.2) is 54.0 Å². The molecule has 3 aromatic rings. The first kappa shape index (κ1) is 17.5. The third-order valence-electron chi connectivity index (χ3n) is 5.26. The fourth-order valence-electron chi connectivity index (χ4n) is 3.74. The molecule has 26 heavy (non-hydrogen) atoms. The van der Waals surface area contributed by atoms with Crippen LogP contribution in [0.25, 0.3) is 10.1 Å². The van der Waals surface area contributed by atoms with Gasteiger partial charge in [0.2, 0.25) is 0 Å². The second kappa shape index (κ2) is 7.74. The molecule has 1 saturated heterocycles. The Hall–Kier alpha value is -1.95. The fourth-order valence-corrected chi connectivity index (χ4v) is 4.73. The number of rotatable bonds is 5. The first-order chi connectivity index (χ1) is 12.7. The molecule has 4 nitrogen and oxygen atoms in total. The third kappa shape index (κ3) is 3.61. The summed E-state index contributed by atoms with van der Waals surface area (Å²) in [5, 5.41) is 14.2. The predicted octanol–water partition coefficient (Wildman–Crippen LogP) is 3.79. The molecule has 0 amide bonds. The summed E-state index contributed by atoms with van der Waals surface area (Å²) in [5.41, 5.74) is 1.07. The Bertz CT molecular complexity index is 843. The van der Waals surface area contributed by atoms with Crippen molar-refractivity contribution in [2.24, 2.45) is 5.92 Å². The molecular formula is C21H25N3OS. The van der Waals surface area contributed by atoms with Crippen LogP contribution in [0.3, 0.4) is 0 Å². The van der Waals surface area contributed by atoms with Gasteiger partial charge < -0.3 is 10.0 Å². The van der Waals surface area contributed by atoms with Crippen molar-refractivity contribution in [2.75, 3.05) is 37.6 Å². The van der Waals surface area contributed by atoms with E-state index in [0.717, 1.165) is 44.1 Å². The Morgan fingerprint density at radius 3 is 2.62 bits per heavy atom. The summed E-state index contributed by atoms with van der Waals surface area (Å²) < 4.78 is 1.25. The zero-order valence-corrected chi connectivity index (χ0v) is 15.9. The van der Waals surface area contributed by atoms with Crippen molar-refractivity contribution in [2.45, 2.75) is 13.0 Å². The number of benzene rings is 1. The zero-order chi connectivity index (χ0) is 17.9. The lowest BCUT2D eigenvalue weighted by molar-refractivity contribution is 0.0876. The fraction of sp³-hybridized carbons (Fsp3) is 0.381. The largest absolute Gasteiger partial charge is 0.388 e. The van der Waals surface area contributed by atoms with Crippen molar-refractivity contribution >= 4 is 27.2 Å². The number of nitrogens with zero attached hydrogens (tertiary/aromatic N) is 3. The van der Waals surface area contributed by atoms with Gasteiger partial charge in [-0.05, 0) is 40.4 Å². The lowest BCUT2D eigenvalue weighted by atomic mass is 9.96.